The molecule has 0 N–H and O–H groups in total. The predicted molar refractivity (Wildman–Crippen MR) is 98.9 cm³/mol. The van der Waals surface area contributed by atoms with Crippen LogP contribution < -0.4 is 0 Å². The molecular formula is C19H26N2OS. The second-order valence-corrected chi connectivity index (χ2v) is 7.19. The van der Waals surface area contributed by atoms with Crippen molar-refractivity contribution in [1.29, 1.82) is 0 Å². The lowest BCUT2D eigenvalue weighted by Crippen LogP contribution is -2.32. The maximum Gasteiger partial charge on any atom is 0.232 e. The Hall–Kier alpha value is -1.68. The molecular weight excluding hydrogens is 304 g/mol. The van der Waals surface area contributed by atoms with Gasteiger partial charge in [0.2, 0.25) is 5.91 Å². The molecule has 1 heterocycles. The zero-order valence-corrected chi connectivity index (χ0v) is 15.1. The predicted octanol–water partition coefficient (Wildman–Crippen LogP) is 4.85. The molecule has 0 aliphatic rings. The summed E-state index contributed by atoms with van der Waals surface area (Å²) < 4.78 is 1.13. The molecule has 124 valence electrons. The Bertz CT molecular complexity index is 629. The fraction of sp³-hybridized carbons (Fsp3) is 0.474. The molecule has 0 fully saturated rings. The van der Waals surface area contributed by atoms with Gasteiger partial charge in [-0.2, -0.15) is 0 Å². The van der Waals surface area contributed by atoms with E-state index in [2.05, 4.69) is 19.6 Å². The van der Waals surface area contributed by atoms with Crippen molar-refractivity contribution in [2.45, 2.75) is 38.5 Å². The van der Waals surface area contributed by atoms with E-state index < -0.39 is 0 Å². The summed E-state index contributed by atoms with van der Waals surface area (Å²) >= 11 is 1.63. The van der Waals surface area contributed by atoms with Gasteiger partial charge in [0.15, 0.2) is 0 Å². The van der Waals surface area contributed by atoms with E-state index in [1.807, 2.05) is 38.4 Å². The Morgan fingerprint density at radius 2 is 2.09 bits per heavy atom. The van der Waals surface area contributed by atoms with Crippen molar-refractivity contribution in [3.8, 4) is 0 Å². The summed E-state index contributed by atoms with van der Waals surface area (Å²) in [4.78, 5) is 19.2. The van der Waals surface area contributed by atoms with E-state index in [0.29, 0.717) is 0 Å². The summed E-state index contributed by atoms with van der Waals surface area (Å²) in [6.07, 6.45) is 6.41. The first-order chi connectivity index (χ1) is 11.1. The molecule has 23 heavy (non-hydrogen) atoms. The summed E-state index contributed by atoms with van der Waals surface area (Å²) in [5, 5.41) is 0.909. The third kappa shape index (κ3) is 4.20. The minimum Gasteiger partial charge on any atom is -0.348 e. The van der Waals surface area contributed by atoms with Gasteiger partial charge in [0, 0.05) is 14.1 Å². The summed E-state index contributed by atoms with van der Waals surface area (Å²) in [6, 6.07) is 8.07. The average Bonchev–Trinajstić information content (AvgIpc) is 2.96. The molecule has 0 spiro atoms. The molecule has 0 radical (unpaired) electrons. The van der Waals surface area contributed by atoms with E-state index in [0.717, 1.165) is 28.1 Å². The Labute approximate surface area is 143 Å². The van der Waals surface area contributed by atoms with Gasteiger partial charge in [-0.1, -0.05) is 44.4 Å². The van der Waals surface area contributed by atoms with Crippen molar-refractivity contribution >= 4 is 27.5 Å². The van der Waals surface area contributed by atoms with Crippen LogP contribution in [-0.2, 0) is 4.79 Å². The molecule has 1 amide bonds. The number of para-hydroxylation sites is 1. The molecule has 0 aliphatic carbocycles. The highest BCUT2D eigenvalue weighted by molar-refractivity contribution is 7.18. The summed E-state index contributed by atoms with van der Waals surface area (Å²) in [5.41, 5.74) is 0.973. The zero-order valence-electron chi connectivity index (χ0n) is 14.3. The SMILES string of the molecule is C=C[C@H](CCCCC)[C@H](C(=O)N(C)C)c1nc2ccccc2s1. The van der Waals surface area contributed by atoms with Crippen LogP contribution in [0, 0.1) is 5.92 Å². The van der Waals surface area contributed by atoms with Crippen LogP contribution in [0.15, 0.2) is 36.9 Å². The second-order valence-electron chi connectivity index (χ2n) is 6.13. The number of rotatable bonds is 8. The van der Waals surface area contributed by atoms with Crippen molar-refractivity contribution in [1.82, 2.24) is 9.88 Å². The van der Waals surface area contributed by atoms with E-state index >= 15 is 0 Å². The average molecular weight is 330 g/mol. The van der Waals surface area contributed by atoms with Crippen LogP contribution >= 0.6 is 11.3 Å². The highest BCUT2D eigenvalue weighted by Crippen LogP contribution is 2.36. The molecule has 0 saturated carbocycles. The van der Waals surface area contributed by atoms with Crippen LogP contribution in [0.4, 0.5) is 0 Å². The number of nitrogens with zero attached hydrogens (tertiary/aromatic N) is 2. The lowest BCUT2D eigenvalue weighted by Gasteiger charge is -2.25. The maximum atomic E-state index is 12.8. The van der Waals surface area contributed by atoms with Gasteiger partial charge in [-0.3, -0.25) is 4.79 Å². The number of benzene rings is 1. The van der Waals surface area contributed by atoms with Crippen LogP contribution in [-0.4, -0.2) is 29.9 Å². The van der Waals surface area contributed by atoms with E-state index in [1.54, 1.807) is 16.2 Å². The lowest BCUT2D eigenvalue weighted by atomic mass is 9.87. The number of hydrogen-bond donors (Lipinski definition) is 0. The molecule has 0 bridgehead atoms. The molecule has 2 rings (SSSR count). The summed E-state index contributed by atoms with van der Waals surface area (Å²) in [6.45, 7) is 6.18. The van der Waals surface area contributed by atoms with Gasteiger partial charge >= 0.3 is 0 Å². The topological polar surface area (TPSA) is 33.2 Å². The monoisotopic (exact) mass is 330 g/mol. The summed E-state index contributed by atoms with van der Waals surface area (Å²) in [7, 11) is 3.63. The van der Waals surface area contributed by atoms with E-state index in [9.17, 15) is 4.79 Å². The van der Waals surface area contributed by atoms with Crippen molar-refractivity contribution in [3.63, 3.8) is 0 Å². The van der Waals surface area contributed by atoms with Crippen molar-refractivity contribution in [3.05, 3.63) is 41.9 Å². The Kier molecular flexibility index (Phi) is 6.34. The van der Waals surface area contributed by atoms with Gasteiger partial charge < -0.3 is 4.90 Å². The first-order valence-corrected chi connectivity index (χ1v) is 9.09. The fourth-order valence-corrected chi connectivity index (χ4v) is 3.96. The number of fused-ring (bicyclic) bond motifs is 1. The molecule has 2 aromatic rings. The smallest absolute Gasteiger partial charge is 0.232 e. The largest absolute Gasteiger partial charge is 0.348 e. The number of thiazole rings is 1. The quantitative estimate of drug-likeness (QED) is 0.512. The third-order valence-corrected chi connectivity index (χ3v) is 5.27. The summed E-state index contributed by atoms with van der Waals surface area (Å²) in [5.74, 6) is 0.0271. The molecule has 0 aliphatic heterocycles. The molecule has 4 heteroatoms. The molecule has 3 nitrogen and oxygen atoms in total. The first-order valence-electron chi connectivity index (χ1n) is 8.27. The number of carbonyl (C=O) groups excluding carboxylic acids is 1. The van der Waals surface area contributed by atoms with Crippen LogP contribution in [0.25, 0.3) is 10.2 Å². The lowest BCUT2D eigenvalue weighted by molar-refractivity contribution is -0.131. The van der Waals surface area contributed by atoms with Crippen LogP contribution in [0.5, 0.6) is 0 Å². The number of unbranched alkanes of at least 4 members (excludes halogenated alkanes) is 2. The van der Waals surface area contributed by atoms with E-state index in [1.165, 1.54) is 12.8 Å². The Balaban J connectivity index is 2.35. The van der Waals surface area contributed by atoms with Gasteiger partial charge in [0.1, 0.15) is 5.01 Å². The number of amides is 1. The van der Waals surface area contributed by atoms with Crippen molar-refractivity contribution in [2.24, 2.45) is 5.92 Å². The molecule has 0 unspecified atom stereocenters. The molecule has 0 saturated heterocycles. The van der Waals surface area contributed by atoms with Crippen LogP contribution in [0.1, 0.15) is 43.5 Å². The van der Waals surface area contributed by atoms with Crippen molar-refractivity contribution < 1.29 is 4.79 Å². The van der Waals surface area contributed by atoms with Crippen LogP contribution in [0.2, 0.25) is 0 Å². The Morgan fingerprint density at radius 1 is 1.35 bits per heavy atom. The van der Waals surface area contributed by atoms with Gasteiger partial charge in [0.25, 0.3) is 0 Å². The third-order valence-electron chi connectivity index (χ3n) is 4.16. The van der Waals surface area contributed by atoms with Gasteiger partial charge in [0.05, 0.1) is 16.1 Å². The Morgan fingerprint density at radius 3 is 2.70 bits per heavy atom. The highest BCUT2D eigenvalue weighted by atomic mass is 32.1. The second kappa shape index (κ2) is 8.25. The molecule has 1 aromatic carbocycles. The number of allylic oxidation sites excluding steroid dienone is 1. The fourth-order valence-electron chi connectivity index (χ4n) is 2.82. The minimum atomic E-state index is -0.225. The number of likely N-dealkylation sites (N-methyl/N-ethyl adjacent to an activating group) is 1. The first kappa shape index (κ1) is 17.7. The number of aromatic nitrogens is 1. The van der Waals surface area contributed by atoms with Gasteiger partial charge in [-0.25, -0.2) is 4.98 Å². The zero-order chi connectivity index (χ0) is 16.8. The van der Waals surface area contributed by atoms with Crippen molar-refractivity contribution in [2.75, 3.05) is 14.1 Å². The van der Waals surface area contributed by atoms with E-state index in [-0.39, 0.29) is 17.7 Å². The normalized spacial score (nSPS) is 13.7. The number of carbonyl (C=O) groups is 1. The minimum absolute atomic E-state index is 0.116. The molecule has 1 aromatic heterocycles. The van der Waals surface area contributed by atoms with Gasteiger partial charge in [-0.15, -0.1) is 17.9 Å². The maximum absolute atomic E-state index is 12.8. The number of hydrogen-bond acceptors (Lipinski definition) is 3. The van der Waals surface area contributed by atoms with Gasteiger partial charge in [-0.05, 0) is 24.5 Å². The molecule has 2 atom stereocenters. The standard InChI is InChI=1S/C19H26N2OS/c1-5-7-8-11-14(6-2)17(19(22)21(3)4)18-20-15-12-9-10-13-16(15)23-18/h6,9-10,12-14,17H,2,5,7-8,11H2,1,3-4H3/t14-,17+/m1/s1. The highest BCUT2D eigenvalue weighted by Gasteiger charge is 2.31. The van der Waals surface area contributed by atoms with Crippen LogP contribution in [0.3, 0.4) is 0 Å². The van der Waals surface area contributed by atoms with E-state index in [4.69, 9.17) is 4.98 Å².